The zero-order valence-corrected chi connectivity index (χ0v) is 15.2. The van der Waals surface area contributed by atoms with Gasteiger partial charge in [-0.05, 0) is 48.7 Å². The smallest absolute Gasteiger partial charge is 0.272 e. The maximum atomic E-state index is 11.4. The van der Waals surface area contributed by atoms with E-state index in [0.29, 0.717) is 5.57 Å². The Labute approximate surface area is 162 Å². The lowest BCUT2D eigenvalue weighted by Gasteiger charge is -2.12. The Morgan fingerprint density at radius 3 is 1.93 bits per heavy atom. The minimum Gasteiger partial charge on any atom is -0.309 e. The van der Waals surface area contributed by atoms with Crippen LogP contribution < -0.4 is 0 Å². The van der Waals surface area contributed by atoms with Crippen LogP contribution in [0.2, 0.25) is 0 Å². The minimum atomic E-state index is -0.286. The van der Waals surface area contributed by atoms with Crippen molar-refractivity contribution in [1.29, 1.82) is 0 Å². The number of hydrogen-bond acceptors (Lipinski definition) is 2. The minimum absolute atomic E-state index is 0.205. The van der Waals surface area contributed by atoms with Crippen LogP contribution in [0.1, 0.15) is 18.4 Å². The van der Waals surface area contributed by atoms with Gasteiger partial charge in [0.2, 0.25) is 0 Å². The molecule has 4 aromatic rings. The molecule has 3 aromatic carbocycles. The van der Waals surface area contributed by atoms with Gasteiger partial charge in [-0.25, -0.2) is 0 Å². The van der Waals surface area contributed by atoms with E-state index in [9.17, 15) is 10.1 Å². The van der Waals surface area contributed by atoms with Crippen molar-refractivity contribution in [3.63, 3.8) is 0 Å². The molecule has 5 rings (SSSR count). The topological polar surface area (TPSA) is 48.1 Å². The van der Waals surface area contributed by atoms with E-state index in [0.717, 1.165) is 35.1 Å². The van der Waals surface area contributed by atoms with Crippen molar-refractivity contribution >= 4 is 27.4 Å². The summed E-state index contributed by atoms with van der Waals surface area (Å²) >= 11 is 0. The van der Waals surface area contributed by atoms with Gasteiger partial charge >= 0.3 is 0 Å². The van der Waals surface area contributed by atoms with E-state index in [1.165, 1.54) is 10.8 Å². The molecule has 0 fully saturated rings. The maximum Gasteiger partial charge on any atom is 0.272 e. The van der Waals surface area contributed by atoms with Gasteiger partial charge in [0.05, 0.1) is 21.5 Å². The lowest BCUT2D eigenvalue weighted by Crippen LogP contribution is -2.05. The number of rotatable bonds is 3. The summed E-state index contributed by atoms with van der Waals surface area (Å²) in [6.07, 6.45) is 5.24. The summed E-state index contributed by atoms with van der Waals surface area (Å²) in [5.41, 5.74) is 5.15. The largest absolute Gasteiger partial charge is 0.309 e. The highest BCUT2D eigenvalue weighted by atomic mass is 16.6. The molecule has 0 unspecified atom stereocenters. The molecule has 136 valence electrons. The lowest BCUT2D eigenvalue weighted by atomic mass is 9.96. The van der Waals surface area contributed by atoms with Gasteiger partial charge in [-0.15, -0.1) is 0 Å². The molecule has 0 amide bonds. The molecule has 0 N–H and O–H groups in total. The van der Waals surface area contributed by atoms with Crippen LogP contribution in [0.5, 0.6) is 0 Å². The first kappa shape index (κ1) is 16.5. The maximum absolute atomic E-state index is 11.4. The second kappa shape index (κ2) is 6.50. The van der Waals surface area contributed by atoms with Gasteiger partial charge in [0.1, 0.15) is 0 Å². The molecular formula is C24H18N2O2. The van der Waals surface area contributed by atoms with Crippen LogP contribution in [-0.4, -0.2) is 9.49 Å². The first-order chi connectivity index (χ1) is 13.7. The van der Waals surface area contributed by atoms with Crippen LogP contribution in [0.15, 0.2) is 90.6 Å². The number of benzene rings is 3. The van der Waals surface area contributed by atoms with Crippen molar-refractivity contribution < 1.29 is 4.92 Å². The summed E-state index contributed by atoms with van der Waals surface area (Å²) in [5.74, 6) is 0. The van der Waals surface area contributed by atoms with Crippen LogP contribution in [0.3, 0.4) is 0 Å². The third-order valence-corrected chi connectivity index (χ3v) is 5.34. The summed E-state index contributed by atoms with van der Waals surface area (Å²) in [5, 5.41) is 13.8. The molecule has 4 heteroatoms. The zero-order chi connectivity index (χ0) is 19.1. The second-order valence-corrected chi connectivity index (χ2v) is 6.96. The molecule has 1 aliphatic rings. The predicted octanol–water partition coefficient (Wildman–Crippen LogP) is 6.12. The highest BCUT2D eigenvalue weighted by molar-refractivity contribution is 6.09. The van der Waals surface area contributed by atoms with Crippen molar-refractivity contribution in [3.05, 3.63) is 106 Å². The quantitative estimate of drug-likeness (QED) is 0.324. The normalized spacial score (nSPS) is 14.1. The third kappa shape index (κ3) is 2.54. The molecule has 0 bridgehead atoms. The first-order valence-corrected chi connectivity index (χ1v) is 9.38. The van der Waals surface area contributed by atoms with Crippen LogP contribution >= 0.6 is 0 Å². The molecule has 0 radical (unpaired) electrons. The summed E-state index contributed by atoms with van der Waals surface area (Å²) in [6, 6.07) is 24.8. The predicted molar refractivity (Wildman–Crippen MR) is 113 cm³/mol. The van der Waals surface area contributed by atoms with Crippen molar-refractivity contribution in [2.24, 2.45) is 0 Å². The third-order valence-electron chi connectivity index (χ3n) is 5.34. The van der Waals surface area contributed by atoms with Gasteiger partial charge < -0.3 is 4.57 Å². The summed E-state index contributed by atoms with van der Waals surface area (Å²) in [7, 11) is 0. The van der Waals surface area contributed by atoms with Gasteiger partial charge in [-0.1, -0.05) is 54.6 Å². The number of nitrogens with zero attached hydrogens (tertiary/aromatic N) is 2. The monoisotopic (exact) mass is 366 g/mol. The SMILES string of the molecule is O=[N+]([O-])C1=CCCC=C1c1ccc(-n2c3ccccc3c3ccccc32)cc1. The van der Waals surface area contributed by atoms with E-state index in [-0.39, 0.29) is 10.6 Å². The van der Waals surface area contributed by atoms with E-state index in [4.69, 9.17) is 0 Å². The lowest BCUT2D eigenvalue weighted by molar-refractivity contribution is -0.417. The Balaban J connectivity index is 1.65. The number of para-hydroxylation sites is 2. The standard InChI is InChI=1S/C24H18N2O2/c27-26(28)24-12-6-1-7-19(24)17-13-15-18(16-14-17)25-22-10-4-2-8-20(22)21-9-3-5-11-23(21)25/h2-5,7-16H,1,6H2. The molecule has 0 aliphatic heterocycles. The van der Waals surface area contributed by atoms with Crippen LogP contribution in [0, 0.1) is 10.1 Å². The number of hydrogen-bond donors (Lipinski definition) is 0. The van der Waals surface area contributed by atoms with Gasteiger partial charge in [0, 0.05) is 16.5 Å². The number of allylic oxidation sites excluding steroid dienone is 3. The van der Waals surface area contributed by atoms with Crippen LogP contribution in [0.25, 0.3) is 33.1 Å². The Morgan fingerprint density at radius 2 is 1.32 bits per heavy atom. The average molecular weight is 366 g/mol. The molecule has 0 spiro atoms. The zero-order valence-electron chi connectivity index (χ0n) is 15.2. The van der Waals surface area contributed by atoms with Gasteiger partial charge in [-0.3, -0.25) is 10.1 Å². The fourth-order valence-corrected chi connectivity index (χ4v) is 4.09. The van der Waals surface area contributed by atoms with Crippen LogP contribution in [0.4, 0.5) is 0 Å². The van der Waals surface area contributed by atoms with Gasteiger partial charge in [0.25, 0.3) is 5.70 Å². The molecule has 0 saturated heterocycles. The van der Waals surface area contributed by atoms with Crippen molar-refractivity contribution in [1.82, 2.24) is 4.57 Å². The Morgan fingerprint density at radius 1 is 0.750 bits per heavy atom. The van der Waals surface area contributed by atoms with E-state index in [1.54, 1.807) is 6.08 Å². The fourth-order valence-electron chi connectivity index (χ4n) is 4.09. The van der Waals surface area contributed by atoms with E-state index < -0.39 is 0 Å². The summed E-state index contributed by atoms with van der Waals surface area (Å²) in [4.78, 5) is 11.1. The molecule has 0 atom stereocenters. The first-order valence-electron chi connectivity index (χ1n) is 9.38. The number of fused-ring (bicyclic) bond motifs is 3. The van der Waals surface area contributed by atoms with E-state index in [2.05, 4.69) is 41.0 Å². The summed E-state index contributed by atoms with van der Waals surface area (Å²) < 4.78 is 2.24. The highest BCUT2D eigenvalue weighted by Crippen LogP contribution is 2.33. The molecule has 0 saturated carbocycles. The van der Waals surface area contributed by atoms with Crippen LogP contribution in [-0.2, 0) is 0 Å². The molecule has 1 aromatic heterocycles. The Bertz CT molecular complexity index is 1220. The average Bonchev–Trinajstić information content (AvgIpc) is 3.08. The van der Waals surface area contributed by atoms with Gasteiger partial charge in [-0.2, -0.15) is 0 Å². The highest BCUT2D eigenvalue weighted by Gasteiger charge is 2.21. The number of nitro groups is 1. The Kier molecular flexibility index (Phi) is 3.83. The Hall–Kier alpha value is -3.66. The van der Waals surface area contributed by atoms with E-state index >= 15 is 0 Å². The molecule has 4 nitrogen and oxygen atoms in total. The van der Waals surface area contributed by atoms with E-state index in [1.807, 2.05) is 42.5 Å². The van der Waals surface area contributed by atoms with Crippen molar-refractivity contribution in [2.75, 3.05) is 0 Å². The second-order valence-electron chi connectivity index (χ2n) is 6.96. The molecule has 28 heavy (non-hydrogen) atoms. The summed E-state index contributed by atoms with van der Waals surface area (Å²) in [6.45, 7) is 0. The molecule has 1 heterocycles. The number of aromatic nitrogens is 1. The van der Waals surface area contributed by atoms with Crippen molar-refractivity contribution in [3.8, 4) is 5.69 Å². The molecule has 1 aliphatic carbocycles. The molecular weight excluding hydrogens is 348 g/mol. The fraction of sp³-hybridized carbons (Fsp3) is 0.0833. The van der Waals surface area contributed by atoms with Crippen molar-refractivity contribution in [2.45, 2.75) is 12.8 Å². The van der Waals surface area contributed by atoms with Gasteiger partial charge in [0.15, 0.2) is 0 Å².